The number of methoxy groups -OCH3 is 1. The van der Waals surface area contributed by atoms with Crippen molar-refractivity contribution in [1.82, 2.24) is 14.5 Å². The van der Waals surface area contributed by atoms with E-state index in [2.05, 4.69) is 28.5 Å². The fraction of sp³-hybridized carbons (Fsp3) is 0.444. The highest BCUT2D eigenvalue weighted by Gasteiger charge is 2.28. The molecule has 35 heavy (non-hydrogen) atoms. The lowest BCUT2D eigenvalue weighted by molar-refractivity contribution is 0.0696. The van der Waals surface area contributed by atoms with Gasteiger partial charge in [-0.3, -0.25) is 0 Å². The number of aromatic nitrogens is 2. The summed E-state index contributed by atoms with van der Waals surface area (Å²) in [5.41, 5.74) is 5.61. The maximum Gasteiger partial charge on any atom is 0.409 e. The van der Waals surface area contributed by atoms with Crippen molar-refractivity contribution in [3.05, 3.63) is 58.7 Å². The van der Waals surface area contributed by atoms with Gasteiger partial charge in [-0.05, 0) is 68.4 Å². The van der Waals surface area contributed by atoms with Crippen molar-refractivity contribution in [3.63, 3.8) is 0 Å². The van der Waals surface area contributed by atoms with Crippen molar-refractivity contribution >= 4 is 29.0 Å². The summed E-state index contributed by atoms with van der Waals surface area (Å²) in [6, 6.07) is 11.6. The zero-order chi connectivity index (χ0) is 24.5. The second-order valence-corrected chi connectivity index (χ2v) is 9.60. The minimum atomic E-state index is -0.914. The quantitative estimate of drug-likeness (QED) is 0.577. The molecule has 1 saturated heterocycles. The van der Waals surface area contributed by atoms with Gasteiger partial charge in [-0.1, -0.05) is 18.2 Å². The van der Waals surface area contributed by atoms with Crippen LogP contribution in [0.3, 0.4) is 0 Å². The lowest BCUT2D eigenvalue weighted by Crippen LogP contribution is -2.35. The third-order valence-corrected chi connectivity index (χ3v) is 7.26. The van der Waals surface area contributed by atoms with E-state index in [4.69, 9.17) is 9.72 Å². The van der Waals surface area contributed by atoms with Crippen molar-refractivity contribution in [1.29, 1.82) is 0 Å². The predicted molar refractivity (Wildman–Crippen MR) is 134 cm³/mol. The van der Waals surface area contributed by atoms with Crippen molar-refractivity contribution in [2.75, 3.05) is 31.6 Å². The molecule has 2 aromatic carbocycles. The maximum absolute atomic E-state index is 12.2. The summed E-state index contributed by atoms with van der Waals surface area (Å²) in [5.74, 6) is 0.0496. The van der Waals surface area contributed by atoms with E-state index in [-0.39, 0.29) is 12.1 Å². The predicted octanol–water partition coefficient (Wildman–Crippen LogP) is 4.65. The largest absolute Gasteiger partial charge is 0.478 e. The molecule has 8 heteroatoms. The van der Waals surface area contributed by atoms with Gasteiger partial charge in [0.15, 0.2) is 0 Å². The lowest BCUT2D eigenvalue weighted by atomic mass is 9.98. The van der Waals surface area contributed by atoms with Gasteiger partial charge in [0.1, 0.15) is 0 Å². The average Bonchev–Trinajstić information content (AvgIpc) is 3.29. The number of amides is 1. The maximum atomic E-state index is 12.2. The summed E-state index contributed by atoms with van der Waals surface area (Å²) in [7, 11) is 1.42. The molecule has 1 fully saturated rings. The summed E-state index contributed by atoms with van der Waals surface area (Å²) in [5, 5.41) is 9.42. The number of rotatable bonds is 5. The summed E-state index contributed by atoms with van der Waals surface area (Å²) < 4.78 is 7.29. The molecule has 1 amide bonds. The van der Waals surface area contributed by atoms with Crippen LogP contribution in [0.4, 0.5) is 10.7 Å². The number of carbonyl (C=O) groups is 2. The number of fused-ring (bicyclic) bond motifs is 3. The van der Waals surface area contributed by atoms with Gasteiger partial charge in [-0.15, -0.1) is 0 Å². The topological polar surface area (TPSA) is 87.9 Å². The Kier molecular flexibility index (Phi) is 6.36. The molecule has 0 aliphatic carbocycles. The molecule has 0 bridgehead atoms. The number of carboxylic acid groups (broad SMARTS) is 1. The van der Waals surface area contributed by atoms with E-state index in [0.29, 0.717) is 25.1 Å². The molecule has 5 rings (SSSR count). The molecule has 1 N–H and O–H groups in total. The van der Waals surface area contributed by atoms with Crippen molar-refractivity contribution in [2.24, 2.45) is 0 Å². The molecular formula is C27H32N4O4. The van der Waals surface area contributed by atoms with Crippen LogP contribution in [-0.4, -0.2) is 58.4 Å². The highest BCUT2D eigenvalue weighted by atomic mass is 16.5. The minimum absolute atomic E-state index is 0.0688. The van der Waals surface area contributed by atoms with Crippen LogP contribution in [0.2, 0.25) is 0 Å². The van der Waals surface area contributed by atoms with Crippen molar-refractivity contribution < 1.29 is 19.4 Å². The minimum Gasteiger partial charge on any atom is -0.478 e. The van der Waals surface area contributed by atoms with Crippen LogP contribution in [0, 0.1) is 0 Å². The van der Waals surface area contributed by atoms with Crippen LogP contribution < -0.4 is 4.90 Å². The van der Waals surface area contributed by atoms with Crippen molar-refractivity contribution in [3.8, 4) is 0 Å². The van der Waals surface area contributed by atoms with Crippen molar-refractivity contribution in [2.45, 2.75) is 51.6 Å². The fourth-order valence-corrected chi connectivity index (χ4v) is 5.48. The Morgan fingerprint density at radius 2 is 1.91 bits per heavy atom. The van der Waals surface area contributed by atoms with Gasteiger partial charge in [-0.25, -0.2) is 14.6 Å². The normalized spacial score (nSPS) is 16.7. The fourth-order valence-electron chi connectivity index (χ4n) is 5.48. The van der Waals surface area contributed by atoms with Gasteiger partial charge in [0.05, 0.1) is 30.3 Å². The second kappa shape index (κ2) is 9.60. The molecule has 2 aliphatic heterocycles. The van der Waals surface area contributed by atoms with Gasteiger partial charge < -0.3 is 24.2 Å². The summed E-state index contributed by atoms with van der Waals surface area (Å²) in [4.78, 5) is 33.0. The number of aromatic carboxylic acids is 1. The van der Waals surface area contributed by atoms with E-state index < -0.39 is 5.97 Å². The van der Waals surface area contributed by atoms with Crippen LogP contribution in [0.15, 0.2) is 36.4 Å². The van der Waals surface area contributed by atoms with Crippen LogP contribution in [0.25, 0.3) is 11.0 Å². The SMILES string of the molecule is COC(=O)N1CCc2ccc3c(nc(N4CCCCC4)n3[C@H](C)Cc3cccc(C(=O)O)c3)c2C1. The zero-order valence-corrected chi connectivity index (χ0v) is 20.4. The highest BCUT2D eigenvalue weighted by molar-refractivity contribution is 5.88. The molecule has 3 aromatic rings. The first kappa shape index (κ1) is 23.2. The summed E-state index contributed by atoms with van der Waals surface area (Å²) in [6.45, 7) is 5.25. The molecule has 0 radical (unpaired) electrons. The average molecular weight is 477 g/mol. The van der Waals surface area contributed by atoms with E-state index in [9.17, 15) is 14.7 Å². The van der Waals surface area contributed by atoms with Gasteiger partial charge >= 0.3 is 12.1 Å². The Labute approximate surface area is 205 Å². The van der Waals surface area contributed by atoms with Gasteiger partial charge in [0.2, 0.25) is 5.95 Å². The van der Waals surface area contributed by atoms with E-state index >= 15 is 0 Å². The van der Waals surface area contributed by atoms with Gasteiger partial charge in [-0.2, -0.15) is 0 Å². The smallest absolute Gasteiger partial charge is 0.409 e. The number of carbonyl (C=O) groups excluding carboxylic acids is 1. The number of ether oxygens (including phenoxy) is 1. The Bertz CT molecular complexity index is 1260. The molecule has 2 aliphatic rings. The van der Waals surface area contributed by atoms with E-state index in [0.717, 1.165) is 60.5 Å². The van der Waals surface area contributed by atoms with Gasteiger partial charge in [0, 0.05) is 31.2 Å². The first-order valence-corrected chi connectivity index (χ1v) is 12.4. The van der Waals surface area contributed by atoms with Crippen LogP contribution in [0.5, 0.6) is 0 Å². The Morgan fingerprint density at radius 1 is 1.11 bits per heavy atom. The summed E-state index contributed by atoms with van der Waals surface area (Å²) in [6.07, 6.45) is 4.69. The molecule has 0 saturated carbocycles. The number of imidazole rings is 1. The third-order valence-electron chi connectivity index (χ3n) is 7.26. The van der Waals surface area contributed by atoms with E-state index in [1.54, 1.807) is 23.1 Å². The van der Waals surface area contributed by atoms with E-state index in [1.807, 2.05) is 6.07 Å². The number of hydrogen-bond donors (Lipinski definition) is 1. The zero-order valence-electron chi connectivity index (χ0n) is 20.4. The number of carboxylic acids is 1. The number of piperidine rings is 1. The molecule has 0 spiro atoms. The number of anilines is 1. The number of hydrogen-bond acceptors (Lipinski definition) is 5. The third kappa shape index (κ3) is 4.45. The van der Waals surface area contributed by atoms with Crippen LogP contribution in [-0.2, 0) is 24.1 Å². The highest BCUT2D eigenvalue weighted by Crippen LogP contribution is 2.35. The molecule has 184 valence electrons. The molecule has 8 nitrogen and oxygen atoms in total. The molecule has 1 aromatic heterocycles. The second-order valence-electron chi connectivity index (χ2n) is 9.60. The number of nitrogens with zero attached hydrogens (tertiary/aromatic N) is 4. The van der Waals surface area contributed by atoms with Crippen LogP contribution in [0.1, 0.15) is 59.3 Å². The Balaban J connectivity index is 1.58. The van der Waals surface area contributed by atoms with Gasteiger partial charge in [0.25, 0.3) is 0 Å². The molecule has 1 atom stereocenters. The first-order chi connectivity index (χ1) is 17.0. The van der Waals surface area contributed by atoms with E-state index in [1.165, 1.54) is 19.1 Å². The Hall–Kier alpha value is -3.55. The Morgan fingerprint density at radius 3 is 2.66 bits per heavy atom. The summed E-state index contributed by atoms with van der Waals surface area (Å²) >= 11 is 0. The monoisotopic (exact) mass is 476 g/mol. The number of benzene rings is 2. The lowest BCUT2D eigenvalue weighted by Gasteiger charge is -2.30. The molecular weight excluding hydrogens is 444 g/mol. The molecule has 0 unspecified atom stereocenters. The standard InChI is InChI=1S/C27H32N4O4/c1-18(15-19-7-6-8-21(16-19)25(32)33)31-23-10-9-20-11-14-30(27(34)35-2)17-22(20)24(23)28-26(31)29-12-4-3-5-13-29/h6-10,16,18H,3-5,11-15,17H2,1-2H3,(H,32,33)/t18-/m1/s1. The first-order valence-electron chi connectivity index (χ1n) is 12.4. The van der Waals surface area contributed by atoms with Crippen LogP contribution >= 0.6 is 0 Å². The molecule has 3 heterocycles.